The lowest BCUT2D eigenvalue weighted by atomic mass is 10.2. The molecule has 6 nitrogen and oxygen atoms in total. The molecule has 2 rings (SSSR count). The minimum absolute atomic E-state index is 0.0652. The van der Waals surface area contributed by atoms with Gasteiger partial charge in [0.05, 0.1) is 22.5 Å². The molecule has 2 heterocycles. The Morgan fingerprint density at radius 1 is 1.47 bits per heavy atom. The maximum Gasteiger partial charge on any atom is 0.212 e. The summed E-state index contributed by atoms with van der Waals surface area (Å²) < 4.78 is 24.8. The normalized spacial score (nSPS) is 11.8. The maximum atomic E-state index is 11.2. The molecule has 0 fully saturated rings. The smallest absolute Gasteiger partial charge is 0.212 e. The van der Waals surface area contributed by atoms with E-state index < -0.39 is 10.0 Å². The first kappa shape index (κ1) is 14.2. The standard InChI is InChI=1S/C11H16N4O2S2/c1-12-19(16,17)6-4-13-7-9-8-14-15-11(9)10-3-2-5-18-10/h2-3,5,8,12-13H,4,6-7H2,1H3,(H,14,15). The van der Waals surface area contributed by atoms with E-state index in [1.807, 2.05) is 17.5 Å². The number of sulfonamides is 1. The molecule has 0 saturated carbocycles. The molecule has 0 radical (unpaired) electrons. The van der Waals surface area contributed by atoms with Gasteiger partial charge < -0.3 is 5.32 Å². The fraction of sp³-hybridized carbons (Fsp3) is 0.364. The molecule has 2 aromatic rings. The van der Waals surface area contributed by atoms with Crippen LogP contribution in [0.5, 0.6) is 0 Å². The maximum absolute atomic E-state index is 11.2. The number of hydrogen-bond donors (Lipinski definition) is 3. The van der Waals surface area contributed by atoms with Crippen LogP contribution in [0.2, 0.25) is 0 Å². The largest absolute Gasteiger partial charge is 0.311 e. The topological polar surface area (TPSA) is 86.9 Å². The Hall–Kier alpha value is -1.22. The molecule has 0 aromatic carbocycles. The van der Waals surface area contributed by atoms with Gasteiger partial charge in [-0.2, -0.15) is 5.10 Å². The summed E-state index contributed by atoms with van der Waals surface area (Å²) in [7, 11) is -1.73. The second-order valence-electron chi connectivity index (χ2n) is 3.95. The molecule has 0 bridgehead atoms. The number of thiophene rings is 1. The Morgan fingerprint density at radius 2 is 2.32 bits per heavy atom. The van der Waals surface area contributed by atoms with Crippen LogP contribution >= 0.6 is 11.3 Å². The van der Waals surface area contributed by atoms with Gasteiger partial charge in [-0.15, -0.1) is 11.3 Å². The molecule has 0 saturated heterocycles. The van der Waals surface area contributed by atoms with Gasteiger partial charge in [0.2, 0.25) is 10.0 Å². The van der Waals surface area contributed by atoms with E-state index in [1.165, 1.54) is 7.05 Å². The van der Waals surface area contributed by atoms with Crippen LogP contribution in [0.25, 0.3) is 10.6 Å². The summed E-state index contributed by atoms with van der Waals surface area (Å²) in [5, 5.41) is 12.1. The van der Waals surface area contributed by atoms with Gasteiger partial charge >= 0.3 is 0 Å². The lowest BCUT2D eigenvalue weighted by Crippen LogP contribution is -2.29. The molecule has 0 aliphatic heterocycles. The van der Waals surface area contributed by atoms with Crippen LogP contribution < -0.4 is 10.0 Å². The van der Waals surface area contributed by atoms with Crippen LogP contribution in [0.1, 0.15) is 5.56 Å². The number of H-pyrrole nitrogens is 1. The molecule has 0 atom stereocenters. The highest BCUT2D eigenvalue weighted by molar-refractivity contribution is 7.89. The summed E-state index contributed by atoms with van der Waals surface area (Å²) in [5.74, 6) is 0.0652. The molecule has 3 N–H and O–H groups in total. The van der Waals surface area contributed by atoms with E-state index in [9.17, 15) is 8.42 Å². The Morgan fingerprint density at radius 3 is 3.00 bits per heavy atom. The van der Waals surface area contributed by atoms with Gasteiger partial charge in [-0.25, -0.2) is 13.1 Å². The van der Waals surface area contributed by atoms with Gasteiger partial charge in [-0.1, -0.05) is 6.07 Å². The summed E-state index contributed by atoms with van der Waals surface area (Å²) in [4.78, 5) is 1.12. The van der Waals surface area contributed by atoms with E-state index in [2.05, 4.69) is 20.2 Å². The average molecular weight is 300 g/mol. The second kappa shape index (κ2) is 6.29. The first-order valence-electron chi connectivity index (χ1n) is 5.80. The minimum Gasteiger partial charge on any atom is -0.311 e. The van der Waals surface area contributed by atoms with Gasteiger partial charge in [0.1, 0.15) is 0 Å². The highest BCUT2D eigenvalue weighted by Gasteiger charge is 2.09. The van der Waals surface area contributed by atoms with E-state index in [-0.39, 0.29) is 5.75 Å². The zero-order valence-corrected chi connectivity index (χ0v) is 12.1. The molecule has 0 aliphatic carbocycles. The Balaban J connectivity index is 1.89. The molecule has 0 unspecified atom stereocenters. The van der Waals surface area contributed by atoms with Crippen molar-refractivity contribution in [1.82, 2.24) is 20.2 Å². The van der Waals surface area contributed by atoms with Crippen molar-refractivity contribution in [3.63, 3.8) is 0 Å². The lowest BCUT2D eigenvalue weighted by Gasteiger charge is -2.05. The summed E-state index contributed by atoms with van der Waals surface area (Å²) in [6.07, 6.45) is 1.76. The third-order valence-corrected chi connectivity index (χ3v) is 4.91. The van der Waals surface area contributed by atoms with Gasteiger partial charge in [0.15, 0.2) is 0 Å². The Labute approximate surface area is 116 Å². The molecule has 0 aliphatic rings. The minimum atomic E-state index is -3.15. The molecule has 0 amide bonds. The number of aromatic nitrogens is 2. The summed E-state index contributed by atoms with van der Waals surface area (Å²) in [6.45, 7) is 0.987. The van der Waals surface area contributed by atoms with Gasteiger partial charge in [0.25, 0.3) is 0 Å². The molecular weight excluding hydrogens is 284 g/mol. The van der Waals surface area contributed by atoms with Crippen LogP contribution in [0.3, 0.4) is 0 Å². The molecule has 8 heteroatoms. The summed E-state index contributed by atoms with van der Waals surface area (Å²) in [5.41, 5.74) is 2.02. The molecular formula is C11H16N4O2S2. The zero-order chi connectivity index (χ0) is 13.7. The Kier molecular flexibility index (Phi) is 4.70. The van der Waals surface area contributed by atoms with Crippen LogP contribution in [0.4, 0.5) is 0 Å². The summed E-state index contributed by atoms with van der Waals surface area (Å²) >= 11 is 1.64. The fourth-order valence-electron chi connectivity index (χ4n) is 1.61. The van der Waals surface area contributed by atoms with E-state index >= 15 is 0 Å². The number of aromatic amines is 1. The van der Waals surface area contributed by atoms with Crippen LogP contribution in [-0.4, -0.2) is 38.0 Å². The number of hydrogen-bond acceptors (Lipinski definition) is 5. The monoisotopic (exact) mass is 300 g/mol. The second-order valence-corrected chi connectivity index (χ2v) is 6.94. The van der Waals surface area contributed by atoms with Gasteiger partial charge in [0, 0.05) is 18.7 Å². The third kappa shape index (κ3) is 3.87. The van der Waals surface area contributed by atoms with E-state index in [1.54, 1.807) is 17.5 Å². The molecule has 104 valence electrons. The van der Waals surface area contributed by atoms with Crippen molar-refractivity contribution >= 4 is 21.4 Å². The molecule has 19 heavy (non-hydrogen) atoms. The van der Waals surface area contributed by atoms with E-state index in [4.69, 9.17) is 0 Å². The third-order valence-electron chi connectivity index (χ3n) is 2.66. The van der Waals surface area contributed by atoms with Gasteiger partial charge in [-0.05, 0) is 18.5 Å². The lowest BCUT2D eigenvalue weighted by molar-refractivity contribution is 0.583. The molecule has 2 aromatic heterocycles. The quantitative estimate of drug-likeness (QED) is 0.659. The first-order chi connectivity index (χ1) is 9.12. The average Bonchev–Trinajstić information content (AvgIpc) is 3.05. The number of rotatable bonds is 7. The molecule has 0 spiro atoms. The summed E-state index contributed by atoms with van der Waals surface area (Å²) in [6, 6.07) is 4.00. The Bertz CT molecular complexity index is 604. The van der Waals surface area contributed by atoms with Crippen molar-refractivity contribution in [2.24, 2.45) is 0 Å². The van der Waals surface area contributed by atoms with E-state index in [0.717, 1.165) is 16.1 Å². The number of nitrogens with zero attached hydrogens (tertiary/aromatic N) is 1. The van der Waals surface area contributed by atoms with Crippen molar-refractivity contribution in [3.8, 4) is 10.6 Å². The predicted molar refractivity (Wildman–Crippen MR) is 76.5 cm³/mol. The fourth-order valence-corrected chi connectivity index (χ4v) is 2.98. The van der Waals surface area contributed by atoms with Crippen molar-refractivity contribution in [2.45, 2.75) is 6.54 Å². The van der Waals surface area contributed by atoms with Crippen LogP contribution in [0.15, 0.2) is 23.7 Å². The first-order valence-corrected chi connectivity index (χ1v) is 8.33. The van der Waals surface area contributed by atoms with Crippen molar-refractivity contribution in [2.75, 3.05) is 19.3 Å². The van der Waals surface area contributed by atoms with Crippen LogP contribution in [-0.2, 0) is 16.6 Å². The van der Waals surface area contributed by atoms with Crippen molar-refractivity contribution < 1.29 is 8.42 Å². The SMILES string of the molecule is CNS(=O)(=O)CCNCc1cn[nH]c1-c1cccs1. The highest BCUT2D eigenvalue weighted by atomic mass is 32.2. The highest BCUT2D eigenvalue weighted by Crippen LogP contribution is 2.25. The van der Waals surface area contributed by atoms with E-state index in [0.29, 0.717) is 13.1 Å². The van der Waals surface area contributed by atoms with Gasteiger partial charge in [-0.3, -0.25) is 5.10 Å². The number of nitrogens with one attached hydrogen (secondary N) is 3. The van der Waals surface area contributed by atoms with Crippen molar-refractivity contribution in [1.29, 1.82) is 0 Å². The van der Waals surface area contributed by atoms with Crippen molar-refractivity contribution in [3.05, 3.63) is 29.3 Å². The predicted octanol–water partition coefficient (Wildman–Crippen LogP) is 0.777. The zero-order valence-electron chi connectivity index (χ0n) is 10.5. The van der Waals surface area contributed by atoms with Crippen LogP contribution in [0, 0.1) is 0 Å².